The Hall–Kier alpha value is -1.26. The van der Waals surface area contributed by atoms with Crippen molar-refractivity contribution < 1.29 is 9.53 Å². The topological polar surface area (TPSA) is 64.3 Å². The maximum Gasteiger partial charge on any atom is 0.274 e. The Labute approximate surface area is 93.3 Å². The molecule has 0 saturated carbocycles. The van der Waals surface area contributed by atoms with E-state index in [1.165, 1.54) is 0 Å². The zero-order valence-corrected chi connectivity index (χ0v) is 9.34. The highest BCUT2D eigenvalue weighted by Crippen LogP contribution is 2.23. The number of nitrogens with two attached hydrogens (primary N) is 1. The number of carbonyl (C=O) groups excluding carboxylic acids is 1. The number of aryl methyl sites for hydroxylation is 1. The van der Waals surface area contributed by atoms with Gasteiger partial charge in [0, 0.05) is 5.02 Å². The van der Waals surface area contributed by atoms with E-state index in [1.54, 1.807) is 19.1 Å². The minimum Gasteiger partial charge on any atom is -0.481 e. The molecule has 15 heavy (non-hydrogen) atoms. The molecule has 0 bridgehead atoms. The van der Waals surface area contributed by atoms with Crippen LogP contribution in [0.1, 0.15) is 12.5 Å². The summed E-state index contributed by atoms with van der Waals surface area (Å²) >= 11 is 5.81. The Bertz CT molecular complexity index is 368. The van der Waals surface area contributed by atoms with Gasteiger partial charge in [-0.15, -0.1) is 0 Å². The summed E-state index contributed by atoms with van der Waals surface area (Å²) in [6, 6.07) is 5.25. The van der Waals surface area contributed by atoms with Crippen LogP contribution in [0.5, 0.6) is 5.75 Å². The van der Waals surface area contributed by atoms with Gasteiger partial charge in [0.2, 0.25) is 0 Å². The molecule has 1 amide bonds. The Balaban J connectivity index is 2.80. The van der Waals surface area contributed by atoms with Gasteiger partial charge in [-0.1, -0.05) is 17.7 Å². The van der Waals surface area contributed by atoms with Gasteiger partial charge in [0.15, 0.2) is 6.10 Å². The third-order valence-corrected chi connectivity index (χ3v) is 2.20. The molecule has 0 saturated heterocycles. The van der Waals surface area contributed by atoms with E-state index < -0.39 is 6.10 Å². The summed E-state index contributed by atoms with van der Waals surface area (Å²) in [6.45, 7) is 3.49. The second kappa shape index (κ2) is 5.00. The third kappa shape index (κ3) is 3.11. The van der Waals surface area contributed by atoms with Crippen LogP contribution < -0.4 is 16.0 Å². The van der Waals surface area contributed by atoms with Gasteiger partial charge in [0.1, 0.15) is 5.75 Å². The number of hydrogen-bond acceptors (Lipinski definition) is 3. The van der Waals surface area contributed by atoms with Crippen LogP contribution in [0.15, 0.2) is 18.2 Å². The fraction of sp³-hybridized carbons (Fsp3) is 0.300. The summed E-state index contributed by atoms with van der Waals surface area (Å²) in [7, 11) is 0. The molecule has 0 aromatic heterocycles. The molecule has 5 heteroatoms. The number of carbonyl (C=O) groups is 1. The lowest BCUT2D eigenvalue weighted by molar-refractivity contribution is -0.127. The number of ether oxygens (including phenoxy) is 1. The first-order valence-electron chi connectivity index (χ1n) is 4.48. The monoisotopic (exact) mass is 228 g/mol. The summed E-state index contributed by atoms with van der Waals surface area (Å²) in [5.41, 5.74) is 2.94. The van der Waals surface area contributed by atoms with E-state index >= 15 is 0 Å². The van der Waals surface area contributed by atoms with Gasteiger partial charge >= 0.3 is 0 Å². The number of hydrazine groups is 1. The maximum absolute atomic E-state index is 11.1. The lowest BCUT2D eigenvalue weighted by atomic mass is 10.2. The molecule has 3 N–H and O–H groups in total. The molecule has 1 unspecified atom stereocenters. The molecule has 1 rings (SSSR count). The molecule has 0 fully saturated rings. The van der Waals surface area contributed by atoms with Gasteiger partial charge in [-0.2, -0.15) is 0 Å². The third-order valence-electron chi connectivity index (χ3n) is 1.97. The molecule has 0 spiro atoms. The first-order chi connectivity index (χ1) is 7.04. The van der Waals surface area contributed by atoms with Crippen LogP contribution in [0.25, 0.3) is 0 Å². The van der Waals surface area contributed by atoms with Gasteiger partial charge in [-0.05, 0) is 31.5 Å². The molecule has 4 nitrogen and oxygen atoms in total. The van der Waals surface area contributed by atoms with E-state index in [2.05, 4.69) is 0 Å². The number of hydrogen-bond donors (Lipinski definition) is 2. The Morgan fingerprint density at radius 2 is 2.27 bits per heavy atom. The van der Waals surface area contributed by atoms with E-state index in [0.29, 0.717) is 10.8 Å². The predicted octanol–water partition coefficient (Wildman–Crippen LogP) is 1.41. The molecule has 0 radical (unpaired) electrons. The van der Waals surface area contributed by atoms with Crippen molar-refractivity contribution in [3.63, 3.8) is 0 Å². The van der Waals surface area contributed by atoms with Crippen LogP contribution in [0, 0.1) is 6.92 Å². The molecule has 0 heterocycles. The normalized spacial score (nSPS) is 12.0. The largest absolute Gasteiger partial charge is 0.481 e. The second-order valence-electron chi connectivity index (χ2n) is 3.18. The number of halogens is 1. The van der Waals surface area contributed by atoms with Crippen molar-refractivity contribution in [2.45, 2.75) is 20.0 Å². The summed E-state index contributed by atoms with van der Waals surface area (Å²) in [5, 5.41) is 0.566. The minimum absolute atomic E-state index is 0.380. The van der Waals surface area contributed by atoms with Crippen LogP contribution in [-0.2, 0) is 4.79 Å². The molecule has 0 aliphatic heterocycles. The van der Waals surface area contributed by atoms with E-state index in [4.69, 9.17) is 22.2 Å². The highest BCUT2D eigenvalue weighted by molar-refractivity contribution is 6.30. The standard InChI is InChI=1S/C10H13ClN2O2/c1-6-3-4-8(11)5-9(6)15-7(2)10(14)13-12/h3-5,7H,12H2,1-2H3,(H,13,14). The van der Waals surface area contributed by atoms with Gasteiger partial charge in [-0.3, -0.25) is 10.2 Å². The van der Waals surface area contributed by atoms with Crippen molar-refractivity contribution in [2.75, 3.05) is 0 Å². The second-order valence-corrected chi connectivity index (χ2v) is 3.61. The molecule has 82 valence electrons. The van der Waals surface area contributed by atoms with E-state index in [1.807, 2.05) is 18.4 Å². The zero-order chi connectivity index (χ0) is 11.4. The lowest BCUT2D eigenvalue weighted by Gasteiger charge is -2.14. The van der Waals surface area contributed by atoms with Gasteiger partial charge < -0.3 is 4.74 Å². The zero-order valence-electron chi connectivity index (χ0n) is 8.58. The average Bonchev–Trinajstić information content (AvgIpc) is 2.22. The van der Waals surface area contributed by atoms with Gasteiger partial charge in [0.05, 0.1) is 0 Å². The van der Waals surface area contributed by atoms with E-state index in [-0.39, 0.29) is 5.91 Å². The molecule has 0 aliphatic carbocycles. The fourth-order valence-electron chi connectivity index (χ4n) is 1.06. The molecular formula is C10H13ClN2O2. The first-order valence-corrected chi connectivity index (χ1v) is 4.85. The SMILES string of the molecule is Cc1ccc(Cl)cc1OC(C)C(=O)NN. The smallest absolute Gasteiger partial charge is 0.274 e. The van der Waals surface area contributed by atoms with Crippen molar-refractivity contribution in [1.82, 2.24) is 5.43 Å². The lowest BCUT2D eigenvalue weighted by Crippen LogP contribution is -2.40. The molecule has 0 aliphatic rings. The van der Waals surface area contributed by atoms with Crippen molar-refractivity contribution in [2.24, 2.45) is 5.84 Å². The molecule has 1 atom stereocenters. The van der Waals surface area contributed by atoms with Crippen molar-refractivity contribution in [3.8, 4) is 5.75 Å². The quantitative estimate of drug-likeness (QED) is 0.467. The maximum atomic E-state index is 11.1. The number of nitrogens with one attached hydrogen (secondary N) is 1. The van der Waals surface area contributed by atoms with Crippen molar-refractivity contribution >= 4 is 17.5 Å². The summed E-state index contributed by atoms with van der Waals surface area (Å²) in [4.78, 5) is 11.1. The van der Waals surface area contributed by atoms with Crippen LogP contribution in [-0.4, -0.2) is 12.0 Å². The first kappa shape index (κ1) is 11.8. The Morgan fingerprint density at radius 3 is 2.87 bits per heavy atom. The minimum atomic E-state index is -0.646. The van der Waals surface area contributed by atoms with Crippen molar-refractivity contribution in [1.29, 1.82) is 0 Å². The van der Waals surface area contributed by atoms with Crippen molar-refractivity contribution in [3.05, 3.63) is 28.8 Å². The van der Waals surface area contributed by atoms with Crippen LogP contribution >= 0.6 is 11.6 Å². The number of benzene rings is 1. The van der Waals surface area contributed by atoms with Gasteiger partial charge in [-0.25, -0.2) is 5.84 Å². The van der Waals surface area contributed by atoms with Gasteiger partial charge in [0.25, 0.3) is 5.91 Å². The Morgan fingerprint density at radius 1 is 1.60 bits per heavy atom. The Kier molecular flexibility index (Phi) is 3.94. The summed E-state index contributed by atoms with van der Waals surface area (Å²) in [5.74, 6) is 5.19. The van der Waals surface area contributed by atoms with Crippen LogP contribution in [0.3, 0.4) is 0 Å². The predicted molar refractivity (Wildman–Crippen MR) is 58.6 cm³/mol. The van der Waals surface area contributed by atoms with Crippen LogP contribution in [0.2, 0.25) is 5.02 Å². The average molecular weight is 229 g/mol. The molecular weight excluding hydrogens is 216 g/mol. The fourth-order valence-corrected chi connectivity index (χ4v) is 1.22. The molecule has 1 aromatic rings. The highest BCUT2D eigenvalue weighted by Gasteiger charge is 2.14. The molecule has 1 aromatic carbocycles. The number of rotatable bonds is 3. The van der Waals surface area contributed by atoms with Crippen LogP contribution in [0.4, 0.5) is 0 Å². The highest BCUT2D eigenvalue weighted by atomic mass is 35.5. The summed E-state index contributed by atoms with van der Waals surface area (Å²) in [6.07, 6.45) is -0.646. The van der Waals surface area contributed by atoms with E-state index in [9.17, 15) is 4.79 Å². The number of amides is 1. The summed E-state index contributed by atoms with van der Waals surface area (Å²) < 4.78 is 5.40. The van der Waals surface area contributed by atoms with E-state index in [0.717, 1.165) is 5.56 Å².